The fourth-order valence-electron chi connectivity index (χ4n) is 17.1. The summed E-state index contributed by atoms with van der Waals surface area (Å²) in [4.78, 5) is 5.37. The molecule has 1 spiro atoms. The Bertz CT molecular complexity index is 3980. The first-order chi connectivity index (χ1) is 37.4. The Hall–Kier alpha value is -7.92. The van der Waals surface area contributed by atoms with Gasteiger partial charge in [-0.25, -0.2) is 0 Å². The standard InChI is InChI=1S/C72H57BN2Si/c1-76(2)68-27-14-9-20-58(68)59-33-30-50(44-69(59)76)49-28-31-57(32-29-49)74-65-26-13-11-23-62(65)73-63-24-15-22-61-71(63)75(64-25-12-10-21-60(64)72(61)55-35-45-34-46(37-55)38-56(72)36-45)67-43-54(42-66(74)70(67)73)53-40-51(47-16-5-3-6-17-47)39-52(41-53)48-18-7-4-8-19-48/h3-33,39-46,55-56H,34-38H2,1-2H3. The smallest absolute Gasteiger partial charge is 0.252 e. The van der Waals surface area contributed by atoms with Crippen LogP contribution < -0.4 is 36.6 Å². The summed E-state index contributed by atoms with van der Waals surface area (Å²) in [7, 11) is -1.84. The fourth-order valence-corrected chi connectivity index (χ4v) is 20.2. The molecule has 18 rings (SSSR count). The topological polar surface area (TPSA) is 6.48 Å². The van der Waals surface area contributed by atoms with Crippen molar-refractivity contribution in [3.63, 3.8) is 0 Å². The molecule has 0 radical (unpaired) electrons. The molecule has 2 nitrogen and oxygen atoms in total. The van der Waals surface area contributed by atoms with Crippen LogP contribution in [0.4, 0.5) is 34.1 Å². The van der Waals surface area contributed by atoms with Gasteiger partial charge in [-0.05, 0) is 204 Å². The summed E-state index contributed by atoms with van der Waals surface area (Å²) in [6, 6.07) is 86.8. The van der Waals surface area contributed by atoms with Crippen LogP contribution in [0.15, 0.2) is 224 Å². The summed E-state index contributed by atoms with van der Waals surface area (Å²) in [6.45, 7) is 5.10. The Morgan fingerprint density at radius 1 is 0.382 bits per heavy atom. The summed E-state index contributed by atoms with van der Waals surface area (Å²) < 4.78 is 0. The molecule has 4 saturated carbocycles. The van der Waals surface area contributed by atoms with E-state index in [0.717, 1.165) is 11.8 Å². The molecule has 4 heteroatoms. The van der Waals surface area contributed by atoms with E-state index in [2.05, 4.69) is 247 Å². The molecule has 76 heavy (non-hydrogen) atoms. The molecule has 0 aromatic heterocycles. The first-order valence-electron chi connectivity index (χ1n) is 28.1. The minimum Gasteiger partial charge on any atom is -0.311 e. The van der Waals surface area contributed by atoms with Gasteiger partial charge in [0.15, 0.2) is 0 Å². The number of fused-ring (bicyclic) bond motifs is 9. The van der Waals surface area contributed by atoms with Gasteiger partial charge >= 0.3 is 0 Å². The average molecular weight is 989 g/mol. The highest BCUT2D eigenvalue weighted by atomic mass is 28.3. The highest BCUT2D eigenvalue weighted by Gasteiger charge is 2.62. The number of anilines is 6. The molecule has 0 saturated heterocycles. The molecule has 362 valence electrons. The predicted molar refractivity (Wildman–Crippen MR) is 322 cm³/mol. The van der Waals surface area contributed by atoms with E-state index in [4.69, 9.17) is 0 Å². The third-order valence-corrected chi connectivity index (χ3v) is 23.5. The third kappa shape index (κ3) is 5.89. The van der Waals surface area contributed by atoms with Crippen LogP contribution in [0.1, 0.15) is 43.2 Å². The minimum absolute atomic E-state index is 0.0150. The van der Waals surface area contributed by atoms with Crippen LogP contribution in [0, 0.1) is 23.7 Å². The maximum atomic E-state index is 2.76. The Balaban J connectivity index is 0.904. The molecule has 4 aliphatic heterocycles. The zero-order valence-corrected chi connectivity index (χ0v) is 44.2. The lowest BCUT2D eigenvalue weighted by Gasteiger charge is -2.64. The molecule has 4 aliphatic carbocycles. The van der Waals surface area contributed by atoms with E-state index in [0.29, 0.717) is 11.8 Å². The lowest BCUT2D eigenvalue weighted by molar-refractivity contribution is -0.0419. The van der Waals surface area contributed by atoms with Crippen LogP contribution in [0.5, 0.6) is 0 Å². The van der Waals surface area contributed by atoms with Crippen molar-refractivity contribution >= 4 is 75.7 Å². The number of para-hydroxylation sites is 3. The summed E-state index contributed by atoms with van der Waals surface area (Å²) >= 11 is 0. The SMILES string of the molecule is C[Si]1(C)c2ccccc2-c2ccc(-c3ccc(N4c5ccccc5B5c6cccc7c6N(c6ccccc6C76C7CC8CC(C7)CC6C8)c6cc(-c7cc(-c8ccccc8)cc(-c8ccccc8)c7)cc4c65)cc3)cc21. The van der Waals surface area contributed by atoms with Crippen molar-refractivity contribution in [2.75, 3.05) is 9.80 Å². The highest BCUT2D eigenvalue weighted by Crippen LogP contribution is 2.70. The monoisotopic (exact) mass is 988 g/mol. The van der Waals surface area contributed by atoms with Crippen molar-refractivity contribution in [2.24, 2.45) is 23.7 Å². The van der Waals surface area contributed by atoms with Crippen molar-refractivity contribution in [1.82, 2.24) is 0 Å². The average Bonchev–Trinajstić information content (AvgIpc) is 3.84. The quantitative estimate of drug-likeness (QED) is 0.159. The lowest BCUT2D eigenvalue weighted by Crippen LogP contribution is -2.64. The van der Waals surface area contributed by atoms with Crippen molar-refractivity contribution in [3.8, 4) is 55.6 Å². The van der Waals surface area contributed by atoms with E-state index in [9.17, 15) is 0 Å². The molecule has 0 atom stereocenters. The van der Waals surface area contributed by atoms with Crippen LogP contribution >= 0.6 is 0 Å². The molecule has 10 aromatic carbocycles. The van der Waals surface area contributed by atoms with Gasteiger partial charge in [-0.3, -0.25) is 0 Å². The minimum atomic E-state index is -1.84. The van der Waals surface area contributed by atoms with E-state index >= 15 is 0 Å². The largest absolute Gasteiger partial charge is 0.311 e. The lowest BCUT2D eigenvalue weighted by atomic mass is 9.32. The van der Waals surface area contributed by atoms with Gasteiger partial charge in [0.05, 0.1) is 5.69 Å². The van der Waals surface area contributed by atoms with Gasteiger partial charge in [-0.2, -0.15) is 0 Å². The van der Waals surface area contributed by atoms with Gasteiger partial charge in [0.25, 0.3) is 6.71 Å². The van der Waals surface area contributed by atoms with Crippen LogP contribution in [-0.4, -0.2) is 14.8 Å². The molecule has 0 unspecified atom stereocenters. The normalized spacial score (nSPS) is 21.9. The number of nitrogens with zero attached hydrogens (tertiary/aromatic N) is 2. The van der Waals surface area contributed by atoms with Crippen molar-refractivity contribution in [1.29, 1.82) is 0 Å². The first-order valence-corrected chi connectivity index (χ1v) is 31.1. The second kappa shape index (κ2) is 15.8. The molecule has 4 heterocycles. The maximum absolute atomic E-state index is 2.76. The number of rotatable bonds is 5. The Morgan fingerprint density at radius 3 is 1.62 bits per heavy atom. The van der Waals surface area contributed by atoms with Crippen molar-refractivity contribution < 1.29 is 0 Å². The van der Waals surface area contributed by atoms with E-state index in [1.807, 2.05) is 0 Å². The second-order valence-electron chi connectivity index (χ2n) is 24.0. The summed E-state index contributed by atoms with van der Waals surface area (Å²) in [5.74, 6) is 3.08. The zero-order chi connectivity index (χ0) is 50.0. The molecule has 8 aliphatic rings. The molecular weight excluding hydrogens is 932 g/mol. The second-order valence-corrected chi connectivity index (χ2v) is 28.4. The summed E-state index contributed by atoms with van der Waals surface area (Å²) in [5.41, 5.74) is 27.9. The van der Waals surface area contributed by atoms with Crippen LogP contribution in [0.2, 0.25) is 13.1 Å². The van der Waals surface area contributed by atoms with Crippen molar-refractivity contribution in [2.45, 2.75) is 50.6 Å². The van der Waals surface area contributed by atoms with Gasteiger partial charge in [0.1, 0.15) is 8.07 Å². The Kier molecular flexibility index (Phi) is 9.02. The number of hydrogen-bond acceptors (Lipinski definition) is 2. The van der Waals surface area contributed by atoms with Gasteiger partial charge in [-0.15, -0.1) is 0 Å². The summed E-state index contributed by atoms with van der Waals surface area (Å²) in [5, 5.41) is 3.09. The predicted octanol–water partition coefficient (Wildman–Crippen LogP) is 15.3. The molecule has 0 amide bonds. The van der Waals surface area contributed by atoms with E-state index < -0.39 is 8.07 Å². The Labute approximate surface area is 448 Å². The van der Waals surface area contributed by atoms with E-state index in [1.165, 1.54) is 138 Å². The maximum Gasteiger partial charge on any atom is 0.252 e. The molecule has 4 fully saturated rings. The number of benzene rings is 10. The molecule has 4 bridgehead atoms. The van der Waals surface area contributed by atoms with Gasteiger partial charge in [0, 0.05) is 33.9 Å². The molecule has 0 N–H and O–H groups in total. The van der Waals surface area contributed by atoms with E-state index in [-0.39, 0.29) is 12.1 Å². The summed E-state index contributed by atoms with van der Waals surface area (Å²) in [6.07, 6.45) is 6.88. The number of hydrogen-bond donors (Lipinski definition) is 0. The fraction of sp³-hybridized carbons (Fsp3) is 0.167. The van der Waals surface area contributed by atoms with Gasteiger partial charge in [-0.1, -0.05) is 183 Å². The Morgan fingerprint density at radius 2 is 0.908 bits per heavy atom. The third-order valence-electron chi connectivity index (χ3n) is 20.0. The van der Waals surface area contributed by atoms with Crippen LogP contribution in [0.25, 0.3) is 55.6 Å². The molecular formula is C72H57BN2Si. The van der Waals surface area contributed by atoms with Gasteiger partial charge in [0.2, 0.25) is 0 Å². The van der Waals surface area contributed by atoms with Crippen molar-refractivity contribution in [3.05, 3.63) is 236 Å². The highest BCUT2D eigenvalue weighted by molar-refractivity contribution is 7.04. The van der Waals surface area contributed by atoms with Gasteiger partial charge < -0.3 is 9.80 Å². The van der Waals surface area contributed by atoms with Crippen LogP contribution in [0.3, 0.4) is 0 Å². The van der Waals surface area contributed by atoms with E-state index in [1.54, 1.807) is 21.5 Å². The first kappa shape index (κ1) is 43.3. The zero-order valence-electron chi connectivity index (χ0n) is 43.2. The van der Waals surface area contributed by atoms with Crippen LogP contribution in [-0.2, 0) is 5.41 Å². The molecule has 10 aromatic rings.